The average molecular weight is 259 g/mol. The molecule has 2 N–H and O–H groups in total. The van der Waals surface area contributed by atoms with Crippen LogP contribution < -0.4 is 10.1 Å². The molecule has 0 bridgehead atoms. The fourth-order valence-corrected chi connectivity index (χ4v) is 1.74. The van der Waals surface area contributed by atoms with Gasteiger partial charge in [-0.1, -0.05) is 25.1 Å². The number of H-pyrrole nitrogens is 1. The van der Waals surface area contributed by atoms with Gasteiger partial charge in [-0.3, -0.25) is 9.89 Å². The molecule has 100 valence electrons. The lowest BCUT2D eigenvalue weighted by Gasteiger charge is -2.09. The predicted octanol–water partition coefficient (Wildman–Crippen LogP) is 2.30. The van der Waals surface area contributed by atoms with Crippen molar-refractivity contribution in [3.63, 3.8) is 0 Å². The smallest absolute Gasteiger partial charge is 0.263 e. The number of aromatic amines is 1. The van der Waals surface area contributed by atoms with Gasteiger partial charge >= 0.3 is 0 Å². The molecule has 0 saturated carbocycles. The third kappa shape index (κ3) is 3.58. The van der Waals surface area contributed by atoms with E-state index in [0.29, 0.717) is 5.82 Å². The highest BCUT2D eigenvalue weighted by molar-refractivity contribution is 5.90. The summed E-state index contributed by atoms with van der Waals surface area (Å²) in [5, 5.41) is 9.36. The summed E-state index contributed by atoms with van der Waals surface area (Å²) in [5.41, 5.74) is 1.98. The topological polar surface area (TPSA) is 67.0 Å². The maximum absolute atomic E-state index is 11.7. The molecule has 0 aliphatic carbocycles. The molecule has 19 heavy (non-hydrogen) atoms. The van der Waals surface area contributed by atoms with Crippen molar-refractivity contribution in [3.05, 3.63) is 41.6 Å². The summed E-state index contributed by atoms with van der Waals surface area (Å²) in [7, 11) is 0. The number of rotatable bonds is 5. The van der Waals surface area contributed by atoms with Gasteiger partial charge in [-0.15, -0.1) is 0 Å². The van der Waals surface area contributed by atoms with Crippen LogP contribution >= 0.6 is 0 Å². The fourth-order valence-electron chi connectivity index (χ4n) is 1.74. The Morgan fingerprint density at radius 3 is 2.89 bits per heavy atom. The van der Waals surface area contributed by atoms with E-state index in [-0.39, 0.29) is 12.5 Å². The van der Waals surface area contributed by atoms with Crippen molar-refractivity contribution in [2.75, 3.05) is 11.9 Å². The minimum absolute atomic E-state index is 0.0249. The number of nitrogens with zero attached hydrogens (tertiary/aromatic N) is 1. The van der Waals surface area contributed by atoms with Crippen molar-refractivity contribution in [1.29, 1.82) is 0 Å². The van der Waals surface area contributed by atoms with E-state index in [1.54, 1.807) is 6.07 Å². The van der Waals surface area contributed by atoms with Gasteiger partial charge in [0, 0.05) is 11.8 Å². The lowest BCUT2D eigenvalue weighted by molar-refractivity contribution is -0.118. The second kappa shape index (κ2) is 6.04. The Morgan fingerprint density at radius 1 is 1.42 bits per heavy atom. The summed E-state index contributed by atoms with van der Waals surface area (Å²) in [6.45, 7) is 3.90. The number of aromatic nitrogens is 2. The molecule has 5 nitrogen and oxygen atoms in total. The summed E-state index contributed by atoms with van der Waals surface area (Å²) in [5.74, 6) is 1.03. The van der Waals surface area contributed by atoms with Crippen molar-refractivity contribution in [3.8, 4) is 5.75 Å². The van der Waals surface area contributed by atoms with Crippen LogP contribution in [0, 0.1) is 6.92 Å². The predicted molar refractivity (Wildman–Crippen MR) is 73.3 cm³/mol. The third-order valence-electron chi connectivity index (χ3n) is 2.69. The minimum atomic E-state index is -0.225. The molecule has 0 fully saturated rings. The standard InChI is InChI=1S/C14H17N3O2/c1-3-11-6-4-5-7-12(11)19-9-14(18)15-13-8-10(2)16-17-13/h4-8H,3,9H2,1-2H3,(H2,15,16,17,18). The lowest BCUT2D eigenvalue weighted by atomic mass is 10.1. The molecule has 0 aliphatic rings. The molecule has 1 aromatic carbocycles. The van der Waals surface area contributed by atoms with Crippen molar-refractivity contribution in [1.82, 2.24) is 10.2 Å². The number of aryl methyl sites for hydroxylation is 2. The number of carbonyl (C=O) groups is 1. The van der Waals surface area contributed by atoms with Crippen LogP contribution in [0.3, 0.4) is 0 Å². The van der Waals surface area contributed by atoms with E-state index in [4.69, 9.17) is 4.74 Å². The van der Waals surface area contributed by atoms with Crippen LogP contribution in [-0.2, 0) is 11.2 Å². The van der Waals surface area contributed by atoms with E-state index in [9.17, 15) is 4.79 Å². The molecule has 2 aromatic rings. The Balaban J connectivity index is 1.89. The Labute approximate surface area is 112 Å². The summed E-state index contributed by atoms with van der Waals surface area (Å²) < 4.78 is 5.52. The second-order valence-corrected chi connectivity index (χ2v) is 4.23. The van der Waals surface area contributed by atoms with Gasteiger partial charge in [0.05, 0.1) is 0 Å². The zero-order valence-corrected chi connectivity index (χ0v) is 11.1. The molecule has 0 saturated heterocycles. The second-order valence-electron chi connectivity index (χ2n) is 4.23. The van der Waals surface area contributed by atoms with E-state index in [2.05, 4.69) is 22.4 Å². The molecule has 0 unspecified atom stereocenters. The minimum Gasteiger partial charge on any atom is -0.483 e. The molecular formula is C14H17N3O2. The fraction of sp³-hybridized carbons (Fsp3) is 0.286. The van der Waals surface area contributed by atoms with Gasteiger partial charge in [-0.05, 0) is 25.0 Å². The maximum Gasteiger partial charge on any atom is 0.263 e. The number of hydrogen-bond acceptors (Lipinski definition) is 3. The van der Waals surface area contributed by atoms with Gasteiger partial charge in [-0.25, -0.2) is 0 Å². The van der Waals surface area contributed by atoms with Crippen LogP contribution in [0.4, 0.5) is 5.82 Å². The van der Waals surface area contributed by atoms with Gasteiger partial charge < -0.3 is 10.1 Å². The number of hydrogen-bond donors (Lipinski definition) is 2. The molecule has 0 radical (unpaired) electrons. The molecule has 1 amide bonds. The largest absolute Gasteiger partial charge is 0.483 e. The van der Waals surface area contributed by atoms with Crippen LogP contribution in [0.2, 0.25) is 0 Å². The van der Waals surface area contributed by atoms with Crippen molar-refractivity contribution >= 4 is 11.7 Å². The number of carbonyl (C=O) groups excluding carboxylic acids is 1. The van der Waals surface area contributed by atoms with Crippen LogP contribution in [-0.4, -0.2) is 22.7 Å². The van der Waals surface area contributed by atoms with Crippen LogP contribution in [0.5, 0.6) is 5.75 Å². The lowest BCUT2D eigenvalue weighted by Crippen LogP contribution is -2.20. The molecule has 0 spiro atoms. The highest BCUT2D eigenvalue weighted by Crippen LogP contribution is 2.18. The van der Waals surface area contributed by atoms with E-state index in [1.165, 1.54) is 0 Å². The first-order valence-electron chi connectivity index (χ1n) is 6.21. The van der Waals surface area contributed by atoms with Gasteiger partial charge in [0.25, 0.3) is 5.91 Å². The normalized spacial score (nSPS) is 10.2. The number of anilines is 1. The van der Waals surface area contributed by atoms with Crippen molar-refractivity contribution < 1.29 is 9.53 Å². The van der Waals surface area contributed by atoms with E-state index in [1.807, 2.05) is 31.2 Å². The summed E-state index contributed by atoms with van der Waals surface area (Å²) in [6.07, 6.45) is 0.871. The Hall–Kier alpha value is -2.30. The molecule has 2 rings (SSSR count). The first-order valence-corrected chi connectivity index (χ1v) is 6.21. The molecule has 0 atom stereocenters. The first kappa shape index (κ1) is 13.1. The van der Waals surface area contributed by atoms with Gasteiger partial charge in [0.1, 0.15) is 5.75 Å². The van der Waals surface area contributed by atoms with Gasteiger partial charge in [0.2, 0.25) is 0 Å². The van der Waals surface area contributed by atoms with E-state index < -0.39 is 0 Å². The highest BCUT2D eigenvalue weighted by atomic mass is 16.5. The number of para-hydroxylation sites is 1. The van der Waals surface area contributed by atoms with Crippen LogP contribution in [0.15, 0.2) is 30.3 Å². The summed E-state index contributed by atoms with van der Waals surface area (Å²) in [4.78, 5) is 11.7. The molecule has 0 aliphatic heterocycles. The SMILES string of the molecule is CCc1ccccc1OCC(=O)Nc1cc(C)[nH]n1. The molecule has 1 aromatic heterocycles. The number of amides is 1. The average Bonchev–Trinajstić information content (AvgIpc) is 2.82. The molecular weight excluding hydrogens is 242 g/mol. The van der Waals surface area contributed by atoms with Crippen molar-refractivity contribution in [2.24, 2.45) is 0 Å². The van der Waals surface area contributed by atoms with Crippen LogP contribution in [0.25, 0.3) is 0 Å². The van der Waals surface area contributed by atoms with Crippen LogP contribution in [0.1, 0.15) is 18.2 Å². The van der Waals surface area contributed by atoms with Gasteiger partial charge in [-0.2, -0.15) is 5.10 Å². The summed E-state index contributed by atoms with van der Waals surface area (Å²) in [6, 6.07) is 9.47. The zero-order chi connectivity index (χ0) is 13.7. The Morgan fingerprint density at radius 2 is 2.21 bits per heavy atom. The molecule has 5 heteroatoms. The van der Waals surface area contributed by atoms with Crippen molar-refractivity contribution in [2.45, 2.75) is 20.3 Å². The summed E-state index contributed by atoms with van der Waals surface area (Å²) >= 11 is 0. The number of benzene rings is 1. The van der Waals surface area contributed by atoms with E-state index in [0.717, 1.165) is 23.4 Å². The monoisotopic (exact) mass is 259 g/mol. The highest BCUT2D eigenvalue weighted by Gasteiger charge is 2.07. The number of nitrogens with one attached hydrogen (secondary N) is 2. The van der Waals surface area contributed by atoms with E-state index >= 15 is 0 Å². The zero-order valence-electron chi connectivity index (χ0n) is 11.1. The maximum atomic E-state index is 11.7. The third-order valence-corrected chi connectivity index (χ3v) is 2.69. The molecule has 1 heterocycles. The Bertz CT molecular complexity index is 563. The number of ether oxygens (including phenoxy) is 1. The quantitative estimate of drug-likeness (QED) is 0.865. The van der Waals surface area contributed by atoms with Gasteiger partial charge in [0.15, 0.2) is 12.4 Å². The Kier molecular flexibility index (Phi) is 4.18. The first-order chi connectivity index (χ1) is 9.19.